The number of methoxy groups -OCH3 is 2. The van der Waals surface area contributed by atoms with Crippen LogP contribution in [0.2, 0.25) is 0 Å². The molecule has 0 atom stereocenters. The summed E-state index contributed by atoms with van der Waals surface area (Å²) in [5, 5.41) is 0. The zero-order chi connectivity index (χ0) is 23.1. The second-order valence-corrected chi connectivity index (χ2v) is 7.35. The topological polar surface area (TPSA) is 70.0 Å². The van der Waals surface area contributed by atoms with Gasteiger partial charge in [0.2, 0.25) is 0 Å². The first kappa shape index (κ1) is 26.1. The van der Waals surface area contributed by atoms with Gasteiger partial charge in [-0.3, -0.25) is 19.9 Å². The average molecular weight is 621 g/mol. The van der Waals surface area contributed by atoms with Gasteiger partial charge in [-0.25, -0.2) is 0 Å². The minimum Gasteiger partial charge on any atom is -0.497 e. The van der Waals surface area contributed by atoms with Crippen molar-refractivity contribution >= 4 is 0 Å². The Morgan fingerprint density at radius 2 is 0.879 bits per heavy atom. The van der Waals surface area contributed by atoms with Crippen molar-refractivity contribution in [2.45, 2.75) is 27.7 Å². The number of benzene rings is 2. The quantitative estimate of drug-likeness (QED) is 0.299. The van der Waals surface area contributed by atoms with E-state index in [1.54, 1.807) is 26.6 Å². The van der Waals surface area contributed by atoms with Crippen LogP contribution in [-0.2, 0) is 20.1 Å². The normalized spacial score (nSPS) is 9.88. The Balaban J connectivity index is 0.000000227. The SMILES string of the molecule is COc1ccc(-c2ncc(C)nc2C)cc1.COc1ccc(-c2ncc(C)nc2C)cc1.[Ir+3]. The van der Waals surface area contributed by atoms with E-state index in [1.165, 1.54) is 0 Å². The van der Waals surface area contributed by atoms with E-state index in [0.717, 1.165) is 56.8 Å². The molecule has 0 aliphatic carbocycles. The molecule has 0 unspecified atom stereocenters. The zero-order valence-corrected chi connectivity index (χ0v) is 22.1. The van der Waals surface area contributed by atoms with Crippen molar-refractivity contribution in [3.63, 3.8) is 0 Å². The Hall–Kier alpha value is -3.15. The Kier molecular flexibility index (Phi) is 9.64. The monoisotopic (exact) mass is 621 g/mol. The number of aromatic nitrogens is 4. The standard InChI is InChI=1S/2C13H14N2O.Ir/c2*1-9-8-14-13(10(2)15-9)11-4-6-12(16-3)7-5-11;/h2*4-8H,1-3H3;/q;;+3. The zero-order valence-electron chi connectivity index (χ0n) is 19.7. The molecule has 0 spiro atoms. The molecule has 4 aromatic rings. The maximum absolute atomic E-state index is 5.12. The van der Waals surface area contributed by atoms with Crippen molar-refractivity contribution in [3.8, 4) is 34.0 Å². The van der Waals surface area contributed by atoms with E-state index < -0.39 is 0 Å². The van der Waals surface area contributed by atoms with Crippen LogP contribution in [0.1, 0.15) is 22.8 Å². The Morgan fingerprint density at radius 1 is 0.545 bits per heavy atom. The van der Waals surface area contributed by atoms with Crippen molar-refractivity contribution in [2.75, 3.05) is 14.2 Å². The number of hydrogen-bond donors (Lipinski definition) is 0. The van der Waals surface area contributed by atoms with Crippen LogP contribution in [0.15, 0.2) is 60.9 Å². The van der Waals surface area contributed by atoms with Crippen LogP contribution in [0.5, 0.6) is 11.5 Å². The molecule has 0 aliphatic rings. The second-order valence-electron chi connectivity index (χ2n) is 7.35. The maximum atomic E-state index is 5.12. The minimum atomic E-state index is 0. The van der Waals surface area contributed by atoms with Gasteiger partial charge in [0.25, 0.3) is 0 Å². The molecule has 0 saturated carbocycles. The first-order valence-corrected chi connectivity index (χ1v) is 10.3. The van der Waals surface area contributed by atoms with E-state index in [9.17, 15) is 0 Å². The van der Waals surface area contributed by atoms with Crippen molar-refractivity contribution in [1.82, 2.24) is 19.9 Å². The average Bonchev–Trinajstić information content (AvgIpc) is 2.80. The third kappa shape index (κ3) is 6.91. The molecule has 6 nitrogen and oxygen atoms in total. The molecule has 0 amide bonds. The van der Waals surface area contributed by atoms with E-state index in [2.05, 4.69) is 19.9 Å². The molecule has 0 saturated heterocycles. The van der Waals surface area contributed by atoms with Crippen LogP contribution < -0.4 is 9.47 Å². The van der Waals surface area contributed by atoms with Gasteiger partial charge in [0.15, 0.2) is 0 Å². The van der Waals surface area contributed by atoms with E-state index in [4.69, 9.17) is 9.47 Å². The predicted octanol–water partition coefficient (Wildman–Crippen LogP) is 5.54. The molecule has 2 aromatic carbocycles. The molecule has 2 aromatic heterocycles. The van der Waals surface area contributed by atoms with Crippen LogP contribution in [0.25, 0.3) is 22.5 Å². The molecule has 0 bridgehead atoms. The van der Waals surface area contributed by atoms with Crippen molar-refractivity contribution in [3.05, 3.63) is 83.7 Å². The number of rotatable bonds is 4. The third-order valence-electron chi connectivity index (χ3n) is 4.86. The summed E-state index contributed by atoms with van der Waals surface area (Å²) in [7, 11) is 3.32. The van der Waals surface area contributed by atoms with E-state index >= 15 is 0 Å². The molecule has 0 fully saturated rings. The summed E-state index contributed by atoms with van der Waals surface area (Å²) in [6, 6.07) is 15.7. The molecule has 0 radical (unpaired) electrons. The van der Waals surface area contributed by atoms with Gasteiger partial charge >= 0.3 is 20.1 Å². The van der Waals surface area contributed by atoms with Crippen LogP contribution in [0, 0.1) is 27.7 Å². The van der Waals surface area contributed by atoms with Crippen LogP contribution >= 0.6 is 0 Å². The van der Waals surface area contributed by atoms with E-state index in [1.807, 2.05) is 76.2 Å². The summed E-state index contributed by atoms with van der Waals surface area (Å²) in [5.74, 6) is 1.70. The minimum absolute atomic E-state index is 0. The van der Waals surface area contributed by atoms with Crippen LogP contribution in [0.3, 0.4) is 0 Å². The first-order chi connectivity index (χ1) is 15.4. The van der Waals surface area contributed by atoms with Gasteiger partial charge < -0.3 is 9.47 Å². The molecule has 0 N–H and O–H groups in total. The summed E-state index contributed by atoms with van der Waals surface area (Å²) < 4.78 is 10.2. The number of ether oxygens (including phenoxy) is 2. The number of nitrogens with zero attached hydrogens (tertiary/aromatic N) is 4. The molecule has 33 heavy (non-hydrogen) atoms. The smallest absolute Gasteiger partial charge is 0.497 e. The summed E-state index contributed by atoms with van der Waals surface area (Å²) in [6.45, 7) is 7.83. The summed E-state index contributed by atoms with van der Waals surface area (Å²) in [6.07, 6.45) is 3.57. The van der Waals surface area contributed by atoms with Crippen molar-refractivity contribution < 1.29 is 29.6 Å². The number of hydrogen-bond acceptors (Lipinski definition) is 6. The Morgan fingerprint density at radius 3 is 1.15 bits per heavy atom. The van der Waals surface area contributed by atoms with Gasteiger partial charge in [-0.2, -0.15) is 0 Å². The van der Waals surface area contributed by atoms with Gasteiger partial charge in [-0.05, 0) is 76.2 Å². The Labute approximate surface area is 208 Å². The fourth-order valence-electron chi connectivity index (χ4n) is 3.26. The van der Waals surface area contributed by atoms with Crippen molar-refractivity contribution in [2.24, 2.45) is 0 Å². The summed E-state index contributed by atoms with van der Waals surface area (Å²) >= 11 is 0. The number of aryl methyl sites for hydroxylation is 4. The predicted molar refractivity (Wildman–Crippen MR) is 127 cm³/mol. The Bertz CT molecular complexity index is 1090. The van der Waals surface area contributed by atoms with Gasteiger partial charge in [0.1, 0.15) is 11.5 Å². The second kappa shape index (κ2) is 12.2. The van der Waals surface area contributed by atoms with Crippen LogP contribution in [0.4, 0.5) is 0 Å². The van der Waals surface area contributed by atoms with Gasteiger partial charge in [-0.1, -0.05) is 0 Å². The van der Waals surface area contributed by atoms with Gasteiger partial charge in [0, 0.05) is 23.5 Å². The summed E-state index contributed by atoms with van der Waals surface area (Å²) in [4.78, 5) is 17.6. The third-order valence-corrected chi connectivity index (χ3v) is 4.86. The largest absolute Gasteiger partial charge is 3.00 e. The van der Waals surface area contributed by atoms with Crippen LogP contribution in [-0.4, -0.2) is 34.2 Å². The molecular weight excluding hydrogens is 593 g/mol. The first-order valence-electron chi connectivity index (χ1n) is 10.3. The van der Waals surface area contributed by atoms with Gasteiger partial charge in [0.05, 0.1) is 48.4 Å². The fourth-order valence-corrected chi connectivity index (χ4v) is 3.26. The molecular formula is C26H28IrN4O2+3. The summed E-state index contributed by atoms with van der Waals surface area (Å²) in [5.41, 5.74) is 7.75. The molecule has 4 rings (SSSR count). The van der Waals surface area contributed by atoms with Gasteiger partial charge in [-0.15, -0.1) is 0 Å². The molecule has 0 aliphatic heterocycles. The fraction of sp³-hybridized carbons (Fsp3) is 0.231. The van der Waals surface area contributed by atoms with E-state index in [0.29, 0.717) is 0 Å². The molecule has 170 valence electrons. The van der Waals surface area contributed by atoms with Crippen molar-refractivity contribution in [1.29, 1.82) is 0 Å². The molecule has 2 heterocycles. The van der Waals surface area contributed by atoms with E-state index in [-0.39, 0.29) is 20.1 Å². The maximum Gasteiger partial charge on any atom is 3.00 e. The molecule has 7 heteroatoms.